The third-order valence-corrected chi connectivity index (χ3v) is 1.84. The van der Waals surface area contributed by atoms with Crippen molar-refractivity contribution in [3.8, 4) is 5.88 Å². The summed E-state index contributed by atoms with van der Waals surface area (Å²) < 4.78 is 27.9. The van der Waals surface area contributed by atoms with Gasteiger partial charge in [-0.05, 0) is 6.92 Å². The number of carboxylic acid groups (broad SMARTS) is 1. The fourth-order valence-corrected chi connectivity index (χ4v) is 1.06. The summed E-state index contributed by atoms with van der Waals surface area (Å²) in [7, 11) is 0. The Morgan fingerprint density at radius 1 is 1.47 bits per heavy atom. The summed E-state index contributed by atoms with van der Waals surface area (Å²) >= 11 is 0. The smallest absolute Gasteiger partial charge is 0.549 e. The van der Waals surface area contributed by atoms with E-state index >= 15 is 0 Å². The van der Waals surface area contributed by atoms with Gasteiger partial charge in [0, 0.05) is 12.0 Å². The molecule has 5 nitrogen and oxygen atoms in total. The summed E-state index contributed by atoms with van der Waals surface area (Å²) in [6, 6.07) is 1.06. The first kappa shape index (κ1) is 15.8. The number of aryl methyl sites for hydroxylation is 1. The summed E-state index contributed by atoms with van der Waals surface area (Å²) in [6.45, 7) is -0.229. The monoisotopic (exact) mass is 238 g/mol. The van der Waals surface area contributed by atoms with Gasteiger partial charge in [-0.25, -0.2) is 4.98 Å². The zero-order chi connectivity index (χ0) is 12.3. The standard InChI is InChI=1S/C9H10F2N2O3.Li/c1-4(8(14)15)6-3-7(16-9(10)11)13-5(2)12-6;/h3-4,9H,1-2H3,(H,14,15);/q;+1/p-1. The van der Waals surface area contributed by atoms with Crippen LogP contribution in [-0.2, 0) is 4.79 Å². The third-order valence-electron chi connectivity index (χ3n) is 1.84. The second-order valence-electron chi connectivity index (χ2n) is 3.10. The molecule has 8 heteroatoms. The van der Waals surface area contributed by atoms with Gasteiger partial charge in [0.05, 0.1) is 11.7 Å². The number of hydrogen-bond acceptors (Lipinski definition) is 5. The Morgan fingerprint density at radius 2 is 2.06 bits per heavy atom. The van der Waals surface area contributed by atoms with Gasteiger partial charge in [-0.3, -0.25) is 0 Å². The molecule has 1 rings (SSSR count). The largest absolute Gasteiger partial charge is 1.00 e. The zero-order valence-corrected chi connectivity index (χ0v) is 9.61. The number of halogens is 2. The molecule has 0 aromatic carbocycles. The maximum atomic E-state index is 11.9. The van der Waals surface area contributed by atoms with Gasteiger partial charge >= 0.3 is 25.5 Å². The molecule has 0 saturated heterocycles. The topological polar surface area (TPSA) is 75.1 Å². The maximum absolute atomic E-state index is 11.9. The minimum absolute atomic E-state index is 0. The van der Waals surface area contributed by atoms with E-state index in [1.807, 2.05) is 0 Å². The first-order valence-electron chi connectivity index (χ1n) is 4.41. The van der Waals surface area contributed by atoms with E-state index in [0.29, 0.717) is 0 Å². The first-order chi connectivity index (χ1) is 7.40. The van der Waals surface area contributed by atoms with Crippen molar-refractivity contribution in [3.05, 3.63) is 17.6 Å². The SMILES string of the molecule is Cc1nc(OC(F)F)cc(C(C)C(=O)[O-])n1.[Li+]. The molecule has 0 bridgehead atoms. The van der Waals surface area contributed by atoms with E-state index in [2.05, 4.69) is 14.7 Å². The van der Waals surface area contributed by atoms with E-state index in [1.54, 1.807) is 0 Å². The molecule has 0 amide bonds. The number of carboxylic acids is 1. The molecule has 0 saturated carbocycles. The number of hydrogen-bond donors (Lipinski definition) is 0. The minimum atomic E-state index is -3.01. The van der Waals surface area contributed by atoms with Crippen LogP contribution >= 0.6 is 0 Å². The summed E-state index contributed by atoms with van der Waals surface area (Å²) in [4.78, 5) is 18.0. The molecular formula is C9H9F2LiN2O3. The molecule has 1 heterocycles. The number of rotatable bonds is 4. The second kappa shape index (κ2) is 6.52. The molecule has 17 heavy (non-hydrogen) atoms. The summed E-state index contributed by atoms with van der Waals surface area (Å²) in [5.41, 5.74) is 0.0724. The fraction of sp³-hybridized carbons (Fsp3) is 0.444. The van der Waals surface area contributed by atoms with Gasteiger partial charge in [0.1, 0.15) is 5.82 Å². The molecule has 0 aliphatic heterocycles. The van der Waals surface area contributed by atoms with E-state index in [1.165, 1.54) is 13.8 Å². The molecule has 1 unspecified atom stereocenters. The van der Waals surface area contributed by atoms with Gasteiger partial charge in [-0.1, -0.05) is 6.92 Å². The van der Waals surface area contributed by atoms with Gasteiger partial charge < -0.3 is 14.6 Å². The zero-order valence-electron chi connectivity index (χ0n) is 9.61. The number of alkyl halides is 2. The van der Waals surface area contributed by atoms with Crippen molar-refractivity contribution >= 4 is 5.97 Å². The van der Waals surface area contributed by atoms with Crippen molar-refractivity contribution < 1.29 is 42.3 Å². The number of aromatic nitrogens is 2. The molecule has 88 valence electrons. The van der Waals surface area contributed by atoms with Crippen molar-refractivity contribution in [1.82, 2.24) is 9.97 Å². The second-order valence-corrected chi connectivity index (χ2v) is 3.10. The number of carbonyl (C=O) groups excluding carboxylic acids is 1. The minimum Gasteiger partial charge on any atom is -0.549 e. The fourth-order valence-electron chi connectivity index (χ4n) is 1.06. The van der Waals surface area contributed by atoms with Crippen molar-refractivity contribution in [2.24, 2.45) is 0 Å². The summed E-state index contributed by atoms with van der Waals surface area (Å²) in [6.07, 6.45) is 0. The molecule has 0 aliphatic rings. The average molecular weight is 238 g/mol. The Hall–Kier alpha value is -1.19. The Kier molecular flexibility index (Phi) is 6.06. The Labute approximate surface area is 108 Å². The van der Waals surface area contributed by atoms with Crippen LogP contribution in [-0.4, -0.2) is 22.5 Å². The van der Waals surface area contributed by atoms with Crippen LogP contribution in [0.2, 0.25) is 0 Å². The van der Waals surface area contributed by atoms with Gasteiger partial charge in [0.15, 0.2) is 0 Å². The van der Waals surface area contributed by atoms with Crippen LogP contribution in [0.25, 0.3) is 0 Å². The molecule has 1 atom stereocenters. The molecule has 0 aliphatic carbocycles. The van der Waals surface area contributed by atoms with Gasteiger partial charge in [0.2, 0.25) is 5.88 Å². The van der Waals surface area contributed by atoms with Crippen LogP contribution in [0.3, 0.4) is 0 Å². The molecular weight excluding hydrogens is 229 g/mol. The molecule has 0 spiro atoms. The number of carbonyl (C=O) groups is 1. The van der Waals surface area contributed by atoms with Gasteiger partial charge in [-0.2, -0.15) is 13.8 Å². The molecule has 0 N–H and O–H groups in total. The van der Waals surface area contributed by atoms with Gasteiger partial charge in [-0.15, -0.1) is 0 Å². The van der Waals surface area contributed by atoms with Crippen molar-refractivity contribution in [2.45, 2.75) is 26.4 Å². The van der Waals surface area contributed by atoms with Crippen LogP contribution in [0.1, 0.15) is 24.4 Å². The van der Waals surface area contributed by atoms with E-state index in [9.17, 15) is 18.7 Å². The summed E-state index contributed by atoms with van der Waals surface area (Å²) in [5.74, 6) is -2.56. The van der Waals surface area contributed by atoms with Crippen LogP contribution in [0.5, 0.6) is 5.88 Å². The van der Waals surface area contributed by atoms with Crippen molar-refractivity contribution in [2.75, 3.05) is 0 Å². The van der Waals surface area contributed by atoms with E-state index in [0.717, 1.165) is 6.07 Å². The van der Waals surface area contributed by atoms with E-state index in [-0.39, 0.29) is 36.3 Å². The van der Waals surface area contributed by atoms with Crippen LogP contribution in [0.4, 0.5) is 8.78 Å². The van der Waals surface area contributed by atoms with Crippen LogP contribution < -0.4 is 28.7 Å². The Morgan fingerprint density at radius 3 is 2.53 bits per heavy atom. The molecule has 1 aromatic heterocycles. The first-order valence-corrected chi connectivity index (χ1v) is 4.41. The quantitative estimate of drug-likeness (QED) is 0.531. The predicted octanol–water partition coefficient (Wildman–Crippen LogP) is -2.76. The molecule has 1 aromatic rings. The van der Waals surface area contributed by atoms with E-state index < -0.39 is 18.5 Å². The van der Waals surface area contributed by atoms with Crippen LogP contribution in [0.15, 0.2) is 6.07 Å². The van der Waals surface area contributed by atoms with Crippen LogP contribution in [0, 0.1) is 6.92 Å². The third kappa shape index (κ3) is 4.67. The molecule has 0 fully saturated rings. The number of ether oxygens (including phenoxy) is 1. The predicted molar refractivity (Wildman–Crippen MR) is 46.8 cm³/mol. The normalized spacial score (nSPS) is 11.8. The number of aliphatic carboxylic acids is 1. The summed E-state index contributed by atoms with van der Waals surface area (Å²) in [5, 5.41) is 10.6. The van der Waals surface area contributed by atoms with Gasteiger partial charge in [0.25, 0.3) is 0 Å². The maximum Gasteiger partial charge on any atom is 1.00 e. The molecule has 0 radical (unpaired) electrons. The van der Waals surface area contributed by atoms with E-state index in [4.69, 9.17) is 0 Å². The van der Waals surface area contributed by atoms with Crippen molar-refractivity contribution in [3.63, 3.8) is 0 Å². The Bertz CT molecular complexity index is 404. The van der Waals surface area contributed by atoms with Crippen molar-refractivity contribution in [1.29, 1.82) is 0 Å². The number of nitrogens with zero attached hydrogens (tertiary/aromatic N) is 2. The average Bonchev–Trinajstić information content (AvgIpc) is 2.14. The Balaban J connectivity index is 0.00000256.